The summed E-state index contributed by atoms with van der Waals surface area (Å²) >= 11 is 0. The molecule has 5 nitrogen and oxygen atoms in total. The lowest BCUT2D eigenvalue weighted by atomic mass is 10.1. The van der Waals surface area contributed by atoms with Crippen molar-refractivity contribution >= 4 is 17.2 Å². The van der Waals surface area contributed by atoms with E-state index in [2.05, 4.69) is 4.57 Å². The number of hydrogen-bond donors (Lipinski definition) is 0. The van der Waals surface area contributed by atoms with Gasteiger partial charge in [-0.1, -0.05) is 12.1 Å². The Bertz CT molecular complexity index is 883. The van der Waals surface area contributed by atoms with Gasteiger partial charge in [-0.05, 0) is 35.2 Å². The van der Waals surface area contributed by atoms with Gasteiger partial charge in [-0.25, -0.2) is 8.96 Å². The molecule has 0 saturated heterocycles. The second-order valence-corrected chi connectivity index (χ2v) is 5.46. The molecule has 0 N–H and O–H groups in total. The lowest BCUT2D eigenvalue weighted by molar-refractivity contribution is -0.695. The van der Waals surface area contributed by atoms with Gasteiger partial charge in [0.1, 0.15) is 5.82 Å². The Morgan fingerprint density at radius 2 is 1.92 bits per heavy atom. The first-order valence-electron chi connectivity index (χ1n) is 7.96. The maximum absolute atomic E-state index is 13.2. The molecule has 0 bridgehead atoms. The molecular formula is C20H20FNO4. The number of aryl methyl sites for hydroxylation is 2. The summed E-state index contributed by atoms with van der Waals surface area (Å²) in [5, 5.41) is 10.3. The molecule has 0 aliphatic rings. The van der Waals surface area contributed by atoms with E-state index in [1.54, 1.807) is 26.4 Å². The van der Waals surface area contributed by atoms with Crippen LogP contribution in [0.2, 0.25) is 0 Å². The van der Waals surface area contributed by atoms with Crippen LogP contribution >= 0.6 is 0 Å². The van der Waals surface area contributed by atoms with E-state index in [4.69, 9.17) is 19.4 Å². The molecule has 0 aliphatic heterocycles. The summed E-state index contributed by atoms with van der Waals surface area (Å²) < 4.78 is 26.2. The number of benzene rings is 2. The molecule has 0 fully saturated rings. The van der Waals surface area contributed by atoms with E-state index in [0.29, 0.717) is 5.75 Å². The third-order valence-corrected chi connectivity index (χ3v) is 3.91. The zero-order valence-corrected chi connectivity index (χ0v) is 14.6. The summed E-state index contributed by atoms with van der Waals surface area (Å²) in [6, 6.07) is 12.7. The third-order valence-electron chi connectivity index (χ3n) is 3.91. The molecule has 0 spiro atoms. The standard InChI is InChI=1S/C19H19FNO2.CH2O2/c1-22-18-7-6-15-9-11-21(13-17(15)19(18)23-2)10-8-14-4-3-5-16(20)12-14;2-1-3/h3-7,9,11-13H,8,10H2,1-2H3;1H,(H,2,3)/q+1;/p-1. The van der Waals surface area contributed by atoms with Crippen LogP contribution in [-0.4, -0.2) is 20.7 Å². The molecule has 0 radical (unpaired) electrons. The van der Waals surface area contributed by atoms with E-state index >= 15 is 0 Å². The first-order chi connectivity index (χ1) is 12.6. The van der Waals surface area contributed by atoms with Crippen LogP contribution in [0.5, 0.6) is 11.5 Å². The van der Waals surface area contributed by atoms with Crippen LogP contribution in [-0.2, 0) is 17.8 Å². The van der Waals surface area contributed by atoms with Crippen molar-refractivity contribution in [1.29, 1.82) is 0 Å². The molecule has 0 unspecified atom stereocenters. The maximum atomic E-state index is 13.2. The number of aromatic nitrogens is 1. The van der Waals surface area contributed by atoms with Gasteiger partial charge in [0.2, 0.25) is 0 Å². The van der Waals surface area contributed by atoms with Crippen LogP contribution in [0.1, 0.15) is 5.56 Å². The van der Waals surface area contributed by atoms with Crippen LogP contribution in [0.15, 0.2) is 54.9 Å². The smallest absolute Gasteiger partial charge is 0.180 e. The molecule has 0 aliphatic carbocycles. The van der Waals surface area contributed by atoms with Gasteiger partial charge < -0.3 is 19.4 Å². The zero-order valence-electron chi connectivity index (χ0n) is 14.6. The van der Waals surface area contributed by atoms with E-state index < -0.39 is 6.47 Å². The minimum absolute atomic E-state index is 0.197. The average molecular weight is 357 g/mol. The van der Waals surface area contributed by atoms with Gasteiger partial charge in [-0.3, -0.25) is 0 Å². The van der Waals surface area contributed by atoms with E-state index in [1.165, 1.54) is 6.07 Å². The van der Waals surface area contributed by atoms with Gasteiger partial charge in [0, 0.05) is 19.0 Å². The highest BCUT2D eigenvalue weighted by atomic mass is 19.1. The van der Waals surface area contributed by atoms with Crippen molar-refractivity contribution in [2.45, 2.75) is 13.0 Å². The Hall–Kier alpha value is -3.15. The topological polar surface area (TPSA) is 62.5 Å². The second kappa shape index (κ2) is 9.36. The molecule has 6 heteroatoms. The van der Waals surface area contributed by atoms with Crippen LogP contribution in [0.25, 0.3) is 10.8 Å². The summed E-state index contributed by atoms with van der Waals surface area (Å²) in [7, 11) is 3.27. The third kappa shape index (κ3) is 4.69. The van der Waals surface area contributed by atoms with E-state index in [1.807, 2.05) is 36.7 Å². The van der Waals surface area contributed by atoms with Gasteiger partial charge in [0.25, 0.3) is 0 Å². The SMILES string of the molecule is COc1ccc2cc[n+](CCc3cccc(F)c3)cc2c1OC.O=C[O-]. The van der Waals surface area contributed by atoms with Crippen molar-refractivity contribution in [1.82, 2.24) is 0 Å². The highest BCUT2D eigenvalue weighted by molar-refractivity contribution is 5.89. The van der Waals surface area contributed by atoms with Gasteiger partial charge in [0.15, 0.2) is 30.4 Å². The number of hydrogen-bond acceptors (Lipinski definition) is 4. The monoisotopic (exact) mass is 357 g/mol. The fourth-order valence-electron chi connectivity index (χ4n) is 2.72. The fourth-order valence-corrected chi connectivity index (χ4v) is 2.72. The number of nitrogens with zero attached hydrogens (tertiary/aromatic N) is 1. The highest BCUT2D eigenvalue weighted by Crippen LogP contribution is 2.34. The molecule has 3 rings (SSSR count). The predicted molar refractivity (Wildman–Crippen MR) is 93.4 cm³/mol. The van der Waals surface area contributed by atoms with Crippen LogP contribution in [0.4, 0.5) is 4.39 Å². The molecule has 1 aromatic heterocycles. The van der Waals surface area contributed by atoms with Crippen molar-refractivity contribution in [3.8, 4) is 11.5 Å². The molecule has 0 atom stereocenters. The van der Waals surface area contributed by atoms with Crippen molar-refractivity contribution < 1.29 is 28.3 Å². The summed E-state index contributed by atoms with van der Waals surface area (Å²) in [5.41, 5.74) is 0.982. The predicted octanol–water partition coefficient (Wildman–Crippen LogP) is 1.89. The second-order valence-electron chi connectivity index (χ2n) is 5.46. The number of carbonyl (C=O) groups excluding carboxylic acids is 1. The van der Waals surface area contributed by atoms with Crippen molar-refractivity contribution in [3.63, 3.8) is 0 Å². The van der Waals surface area contributed by atoms with Crippen molar-refractivity contribution in [2.24, 2.45) is 0 Å². The Morgan fingerprint density at radius 1 is 1.15 bits per heavy atom. The summed E-state index contributed by atoms with van der Waals surface area (Å²) in [4.78, 5) is 8.25. The molecule has 0 amide bonds. The Balaban J connectivity index is 0.000000758. The van der Waals surface area contributed by atoms with Crippen LogP contribution in [0, 0.1) is 5.82 Å². The number of fused-ring (bicyclic) bond motifs is 1. The lowest BCUT2D eigenvalue weighted by Crippen LogP contribution is -2.33. The van der Waals surface area contributed by atoms with Crippen LogP contribution < -0.4 is 19.1 Å². The number of halogens is 1. The van der Waals surface area contributed by atoms with Crippen molar-refractivity contribution in [3.05, 3.63) is 66.2 Å². The number of ether oxygens (including phenoxy) is 2. The molecule has 1 heterocycles. The van der Waals surface area contributed by atoms with E-state index in [-0.39, 0.29) is 5.82 Å². The number of pyridine rings is 1. The number of carbonyl (C=O) groups is 1. The molecule has 26 heavy (non-hydrogen) atoms. The minimum Gasteiger partial charge on any atom is -0.554 e. The number of rotatable bonds is 5. The van der Waals surface area contributed by atoms with E-state index in [9.17, 15) is 4.39 Å². The fraction of sp³-hybridized carbons (Fsp3) is 0.200. The average Bonchev–Trinajstić information content (AvgIpc) is 2.66. The molecule has 3 aromatic rings. The molecular weight excluding hydrogens is 337 g/mol. The minimum atomic E-state index is -0.500. The Labute approximate surface area is 151 Å². The number of carboxylic acid groups (broad SMARTS) is 1. The Morgan fingerprint density at radius 3 is 2.58 bits per heavy atom. The van der Waals surface area contributed by atoms with Crippen molar-refractivity contribution in [2.75, 3.05) is 14.2 Å². The van der Waals surface area contributed by atoms with Gasteiger partial charge in [0.05, 0.1) is 19.6 Å². The quantitative estimate of drug-likeness (QED) is 0.517. The summed E-state index contributed by atoms with van der Waals surface area (Å²) in [6.07, 6.45) is 4.82. The first kappa shape index (κ1) is 19.2. The molecule has 136 valence electrons. The molecule has 0 saturated carbocycles. The zero-order chi connectivity index (χ0) is 18.9. The Kier molecular flexibility index (Phi) is 6.91. The normalized spacial score (nSPS) is 9.96. The largest absolute Gasteiger partial charge is 0.554 e. The van der Waals surface area contributed by atoms with Gasteiger partial charge in [-0.2, -0.15) is 0 Å². The number of methoxy groups -OCH3 is 2. The summed E-state index contributed by atoms with van der Waals surface area (Å²) in [5.74, 6) is 1.24. The van der Waals surface area contributed by atoms with Gasteiger partial charge in [-0.15, -0.1) is 0 Å². The maximum Gasteiger partial charge on any atom is 0.180 e. The summed E-state index contributed by atoms with van der Waals surface area (Å²) in [6.45, 7) is 0.264. The lowest BCUT2D eigenvalue weighted by Gasteiger charge is -2.09. The molecule has 2 aromatic carbocycles. The van der Waals surface area contributed by atoms with Crippen LogP contribution in [0.3, 0.4) is 0 Å². The first-order valence-corrected chi connectivity index (χ1v) is 7.96. The highest BCUT2D eigenvalue weighted by Gasteiger charge is 2.13. The van der Waals surface area contributed by atoms with Gasteiger partial charge >= 0.3 is 0 Å². The van der Waals surface area contributed by atoms with E-state index in [0.717, 1.165) is 35.1 Å².